The van der Waals surface area contributed by atoms with E-state index in [1.807, 2.05) is 0 Å². The van der Waals surface area contributed by atoms with Gasteiger partial charge >= 0.3 is 0 Å². The first kappa shape index (κ1) is 11.5. The first-order chi connectivity index (χ1) is 7.15. The van der Waals surface area contributed by atoms with E-state index in [1.165, 1.54) is 6.07 Å². The van der Waals surface area contributed by atoms with Crippen LogP contribution in [-0.4, -0.2) is 23.2 Å². The van der Waals surface area contributed by atoms with Crippen LogP contribution in [0.5, 0.6) is 0 Å². The highest BCUT2D eigenvalue weighted by molar-refractivity contribution is 5.53. The summed E-state index contributed by atoms with van der Waals surface area (Å²) in [6, 6.07) is 4.88. The third kappa shape index (κ3) is 3.21. The Balaban J connectivity index is 2.69. The maximum atomic E-state index is 10.5. The molecule has 1 rings (SSSR count). The monoisotopic (exact) mass is 210 g/mol. The molecule has 1 aromatic rings. The topological polar surface area (TPSA) is 75.4 Å². The molecule has 0 saturated heterocycles. The molecule has 5 heteroatoms. The highest BCUT2D eigenvalue weighted by Crippen LogP contribution is 2.21. The number of anilines is 1. The van der Waals surface area contributed by atoms with E-state index < -0.39 is 4.92 Å². The minimum Gasteiger partial charge on any atom is -0.396 e. The number of hydrogen-bond donors (Lipinski definition) is 2. The van der Waals surface area contributed by atoms with Crippen molar-refractivity contribution in [3.05, 3.63) is 33.9 Å². The number of aryl methyl sites for hydroxylation is 1. The van der Waals surface area contributed by atoms with Crippen molar-refractivity contribution in [2.75, 3.05) is 18.5 Å². The number of nitrogens with one attached hydrogen (secondary N) is 1. The average molecular weight is 210 g/mol. The Morgan fingerprint density at radius 3 is 2.80 bits per heavy atom. The van der Waals surface area contributed by atoms with Crippen LogP contribution < -0.4 is 5.32 Å². The van der Waals surface area contributed by atoms with Gasteiger partial charge in [-0.2, -0.15) is 0 Å². The Labute approximate surface area is 87.9 Å². The van der Waals surface area contributed by atoms with E-state index in [-0.39, 0.29) is 12.3 Å². The number of benzene rings is 1. The minimum absolute atomic E-state index is 0.128. The summed E-state index contributed by atoms with van der Waals surface area (Å²) >= 11 is 0. The van der Waals surface area contributed by atoms with Gasteiger partial charge in [-0.15, -0.1) is 0 Å². The van der Waals surface area contributed by atoms with E-state index in [0.29, 0.717) is 18.5 Å². The number of nitro benzene ring substituents is 1. The Bertz CT molecular complexity index is 353. The summed E-state index contributed by atoms with van der Waals surface area (Å²) in [7, 11) is 0. The molecule has 5 nitrogen and oxygen atoms in total. The number of hydrogen-bond acceptors (Lipinski definition) is 4. The van der Waals surface area contributed by atoms with Crippen molar-refractivity contribution in [3.63, 3.8) is 0 Å². The second-order valence-corrected chi connectivity index (χ2v) is 3.26. The van der Waals surface area contributed by atoms with Gasteiger partial charge in [-0.1, -0.05) is 0 Å². The van der Waals surface area contributed by atoms with Crippen molar-refractivity contribution in [2.24, 2.45) is 0 Å². The van der Waals surface area contributed by atoms with Crippen LogP contribution in [0, 0.1) is 17.0 Å². The standard InChI is InChI=1S/C10H14N2O3/c1-8-7-9(11-5-2-6-13)3-4-10(8)12(14)15/h3-4,7,11,13H,2,5-6H2,1H3. The van der Waals surface area contributed by atoms with Crippen molar-refractivity contribution in [2.45, 2.75) is 13.3 Å². The number of aliphatic hydroxyl groups is 1. The van der Waals surface area contributed by atoms with Crippen LogP contribution in [0.15, 0.2) is 18.2 Å². The molecule has 0 aliphatic rings. The van der Waals surface area contributed by atoms with Gasteiger partial charge in [0.2, 0.25) is 0 Å². The zero-order valence-electron chi connectivity index (χ0n) is 8.56. The first-order valence-electron chi connectivity index (χ1n) is 4.75. The van der Waals surface area contributed by atoms with E-state index in [0.717, 1.165) is 5.69 Å². The van der Waals surface area contributed by atoms with E-state index in [2.05, 4.69) is 5.32 Å². The van der Waals surface area contributed by atoms with Crippen LogP contribution >= 0.6 is 0 Å². The minimum atomic E-state index is -0.396. The summed E-state index contributed by atoms with van der Waals surface area (Å²) in [4.78, 5) is 10.1. The lowest BCUT2D eigenvalue weighted by Gasteiger charge is -2.06. The van der Waals surface area contributed by atoms with Gasteiger partial charge in [0.1, 0.15) is 0 Å². The molecule has 0 radical (unpaired) electrons. The summed E-state index contributed by atoms with van der Waals surface area (Å²) in [5, 5.41) is 22.2. The summed E-state index contributed by atoms with van der Waals surface area (Å²) in [5.74, 6) is 0. The fourth-order valence-electron chi connectivity index (χ4n) is 1.28. The molecule has 82 valence electrons. The quantitative estimate of drug-likeness (QED) is 0.440. The highest BCUT2D eigenvalue weighted by Gasteiger charge is 2.09. The molecule has 0 saturated carbocycles. The number of aliphatic hydroxyl groups excluding tert-OH is 1. The summed E-state index contributed by atoms with van der Waals surface area (Å²) < 4.78 is 0. The summed E-state index contributed by atoms with van der Waals surface area (Å²) in [6.45, 7) is 2.50. The third-order valence-electron chi connectivity index (χ3n) is 2.06. The Hall–Kier alpha value is -1.62. The van der Waals surface area contributed by atoms with E-state index >= 15 is 0 Å². The van der Waals surface area contributed by atoms with Gasteiger partial charge in [-0.05, 0) is 25.5 Å². The number of rotatable bonds is 5. The van der Waals surface area contributed by atoms with Crippen LogP contribution in [-0.2, 0) is 0 Å². The van der Waals surface area contributed by atoms with E-state index in [1.54, 1.807) is 19.1 Å². The van der Waals surface area contributed by atoms with Crippen molar-refractivity contribution in [1.82, 2.24) is 0 Å². The molecule has 0 bridgehead atoms. The molecule has 0 heterocycles. The fraction of sp³-hybridized carbons (Fsp3) is 0.400. The third-order valence-corrected chi connectivity index (χ3v) is 2.06. The summed E-state index contributed by atoms with van der Waals surface area (Å²) in [5.41, 5.74) is 1.60. The van der Waals surface area contributed by atoms with Crippen molar-refractivity contribution < 1.29 is 10.0 Å². The van der Waals surface area contributed by atoms with Gasteiger partial charge in [0.05, 0.1) is 4.92 Å². The second-order valence-electron chi connectivity index (χ2n) is 3.26. The second kappa shape index (κ2) is 5.31. The van der Waals surface area contributed by atoms with Crippen LogP contribution in [0.25, 0.3) is 0 Å². The van der Waals surface area contributed by atoms with Crippen LogP contribution in [0.2, 0.25) is 0 Å². The van der Waals surface area contributed by atoms with Gasteiger partial charge in [-0.3, -0.25) is 10.1 Å². The molecule has 0 fully saturated rings. The van der Waals surface area contributed by atoms with Crippen LogP contribution in [0.1, 0.15) is 12.0 Å². The van der Waals surface area contributed by atoms with Gasteiger partial charge in [0, 0.05) is 30.5 Å². The lowest BCUT2D eigenvalue weighted by molar-refractivity contribution is -0.385. The van der Waals surface area contributed by atoms with Gasteiger partial charge in [0.15, 0.2) is 0 Å². The van der Waals surface area contributed by atoms with Gasteiger partial charge in [0.25, 0.3) is 5.69 Å². The number of nitro groups is 1. The maximum absolute atomic E-state index is 10.5. The van der Waals surface area contributed by atoms with E-state index in [9.17, 15) is 10.1 Å². The predicted molar refractivity (Wildman–Crippen MR) is 58.0 cm³/mol. The van der Waals surface area contributed by atoms with Crippen molar-refractivity contribution >= 4 is 11.4 Å². The van der Waals surface area contributed by atoms with E-state index in [4.69, 9.17) is 5.11 Å². The molecule has 15 heavy (non-hydrogen) atoms. The smallest absolute Gasteiger partial charge is 0.272 e. The van der Waals surface area contributed by atoms with Gasteiger partial charge < -0.3 is 10.4 Å². The molecule has 1 aromatic carbocycles. The normalized spacial score (nSPS) is 10.0. The molecule has 0 spiro atoms. The molecule has 0 amide bonds. The van der Waals surface area contributed by atoms with Crippen molar-refractivity contribution in [3.8, 4) is 0 Å². The highest BCUT2D eigenvalue weighted by atomic mass is 16.6. The molecule has 0 aliphatic carbocycles. The molecule has 0 aliphatic heterocycles. The van der Waals surface area contributed by atoms with Crippen LogP contribution in [0.4, 0.5) is 11.4 Å². The average Bonchev–Trinajstić information content (AvgIpc) is 2.17. The lowest BCUT2D eigenvalue weighted by Crippen LogP contribution is -2.03. The molecular formula is C10H14N2O3. The largest absolute Gasteiger partial charge is 0.396 e. The molecule has 2 N–H and O–H groups in total. The Morgan fingerprint density at radius 2 is 2.27 bits per heavy atom. The lowest BCUT2D eigenvalue weighted by atomic mass is 10.2. The zero-order chi connectivity index (χ0) is 11.3. The Kier molecular flexibility index (Phi) is 4.05. The molecule has 0 atom stereocenters. The first-order valence-corrected chi connectivity index (χ1v) is 4.75. The van der Waals surface area contributed by atoms with Gasteiger partial charge in [-0.25, -0.2) is 0 Å². The number of nitrogens with zero attached hydrogens (tertiary/aromatic N) is 1. The molecule has 0 unspecified atom stereocenters. The fourth-order valence-corrected chi connectivity index (χ4v) is 1.28. The maximum Gasteiger partial charge on any atom is 0.272 e. The SMILES string of the molecule is Cc1cc(NCCCO)ccc1[N+](=O)[O-]. The molecule has 0 aromatic heterocycles. The van der Waals surface area contributed by atoms with Crippen molar-refractivity contribution in [1.29, 1.82) is 0 Å². The zero-order valence-corrected chi connectivity index (χ0v) is 8.56. The predicted octanol–water partition coefficient (Wildman–Crippen LogP) is 1.70. The summed E-state index contributed by atoms with van der Waals surface area (Å²) in [6.07, 6.45) is 0.663. The molecular weight excluding hydrogens is 196 g/mol. The van der Waals surface area contributed by atoms with Crippen LogP contribution in [0.3, 0.4) is 0 Å². The Morgan fingerprint density at radius 1 is 1.53 bits per heavy atom.